The molecule has 5 aliphatic carbocycles. The predicted octanol–water partition coefficient (Wildman–Crippen LogP) is 3.70. The van der Waals surface area contributed by atoms with Gasteiger partial charge in [-0.05, 0) is 69.1 Å². The Morgan fingerprint density at radius 2 is 1.69 bits per heavy atom. The highest BCUT2D eigenvalue weighted by Crippen LogP contribution is 2.58. The first-order valence-electron chi connectivity index (χ1n) is 10.0. The van der Waals surface area contributed by atoms with Crippen molar-refractivity contribution >= 4 is 26.5 Å². The van der Waals surface area contributed by atoms with E-state index in [0.29, 0.717) is 29.3 Å². The molecule has 0 atom stereocenters. The number of sulfonamides is 1. The summed E-state index contributed by atoms with van der Waals surface area (Å²) >= 11 is 1.35. The van der Waals surface area contributed by atoms with E-state index in [1.165, 1.54) is 30.6 Å². The van der Waals surface area contributed by atoms with Gasteiger partial charge in [0.15, 0.2) is 5.13 Å². The second-order valence-electron chi connectivity index (χ2n) is 9.46. The first kappa shape index (κ1) is 17.4. The predicted molar refractivity (Wildman–Crippen MR) is 103 cm³/mol. The SMILES string of the molecule is O=S(=O)(Nc1nc(CC2(O)CCCC2)cs1)C12CC3CC(CC(C3)C1)C2. The molecule has 0 spiro atoms. The second-order valence-corrected chi connectivity index (χ2v) is 12.4. The lowest BCUT2D eigenvalue weighted by Crippen LogP contribution is -2.56. The van der Waals surface area contributed by atoms with Crippen molar-refractivity contribution in [2.45, 2.75) is 81.0 Å². The molecule has 6 rings (SSSR count). The van der Waals surface area contributed by atoms with Gasteiger partial charge in [0.25, 0.3) is 0 Å². The number of hydrogen-bond donors (Lipinski definition) is 2. The minimum absolute atomic E-state index is 0.470. The van der Waals surface area contributed by atoms with E-state index < -0.39 is 20.4 Å². The minimum Gasteiger partial charge on any atom is -0.389 e. The molecule has 7 heteroatoms. The van der Waals surface area contributed by atoms with Crippen LogP contribution in [-0.4, -0.2) is 28.9 Å². The molecule has 26 heavy (non-hydrogen) atoms. The molecule has 0 aliphatic heterocycles. The standard InChI is InChI=1S/C19H28N2O3S2/c22-18(3-1-2-4-18)11-16-12-25-17(20-16)21-26(23,24)19-8-13-5-14(9-19)7-15(6-13)10-19/h12-15,22H,1-11H2,(H,20,21). The van der Waals surface area contributed by atoms with Gasteiger partial charge in [-0.1, -0.05) is 12.8 Å². The molecule has 0 radical (unpaired) electrons. The second kappa shape index (κ2) is 5.92. The van der Waals surface area contributed by atoms with Gasteiger partial charge in [0, 0.05) is 11.8 Å². The van der Waals surface area contributed by atoms with Gasteiger partial charge in [-0.3, -0.25) is 4.72 Å². The Kier molecular flexibility index (Phi) is 3.97. The van der Waals surface area contributed by atoms with Gasteiger partial charge >= 0.3 is 0 Å². The molecule has 144 valence electrons. The van der Waals surface area contributed by atoms with Gasteiger partial charge in [0.2, 0.25) is 10.0 Å². The molecular weight excluding hydrogens is 368 g/mol. The number of aliphatic hydroxyl groups is 1. The van der Waals surface area contributed by atoms with Crippen LogP contribution in [0.1, 0.15) is 69.9 Å². The van der Waals surface area contributed by atoms with E-state index >= 15 is 0 Å². The monoisotopic (exact) mass is 396 g/mol. The normalized spacial score (nSPS) is 38.0. The zero-order chi connectivity index (χ0) is 18.0. The van der Waals surface area contributed by atoms with Crippen LogP contribution in [0.5, 0.6) is 0 Å². The Bertz CT molecular complexity index is 760. The topological polar surface area (TPSA) is 79.3 Å². The number of thiazole rings is 1. The van der Waals surface area contributed by atoms with E-state index in [1.54, 1.807) is 0 Å². The largest absolute Gasteiger partial charge is 0.389 e. The van der Waals surface area contributed by atoms with E-state index in [1.807, 2.05) is 5.38 Å². The van der Waals surface area contributed by atoms with Crippen molar-refractivity contribution in [3.8, 4) is 0 Å². The Morgan fingerprint density at radius 3 is 2.27 bits per heavy atom. The number of aromatic nitrogens is 1. The first-order valence-corrected chi connectivity index (χ1v) is 12.4. The molecule has 0 amide bonds. The summed E-state index contributed by atoms with van der Waals surface area (Å²) in [5, 5.41) is 12.9. The maximum Gasteiger partial charge on any atom is 0.240 e. The zero-order valence-corrected chi connectivity index (χ0v) is 16.7. The van der Waals surface area contributed by atoms with E-state index in [0.717, 1.165) is 50.6 Å². The van der Waals surface area contributed by atoms with Gasteiger partial charge in [-0.25, -0.2) is 13.4 Å². The summed E-state index contributed by atoms with van der Waals surface area (Å²) in [5.41, 5.74) is 0.159. The number of hydrogen-bond acceptors (Lipinski definition) is 5. The highest BCUT2D eigenvalue weighted by Gasteiger charge is 2.57. The van der Waals surface area contributed by atoms with Gasteiger partial charge in [-0.15, -0.1) is 11.3 Å². The molecule has 0 unspecified atom stereocenters. The maximum absolute atomic E-state index is 13.3. The fourth-order valence-corrected chi connectivity index (χ4v) is 9.50. The fraction of sp³-hybridized carbons (Fsp3) is 0.842. The van der Waals surface area contributed by atoms with Crippen LogP contribution < -0.4 is 4.72 Å². The number of anilines is 1. The molecule has 4 bridgehead atoms. The van der Waals surface area contributed by atoms with Crippen LogP contribution in [0.2, 0.25) is 0 Å². The van der Waals surface area contributed by atoms with E-state index in [4.69, 9.17) is 0 Å². The third kappa shape index (κ3) is 2.90. The number of rotatable bonds is 5. The number of nitrogens with zero attached hydrogens (tertiary/aromatic N) is 1. The molecule has 5 aliphatic rings. The summed E-state index contributed by atoms with van der Waals surface area (Å²) in [5.74, 6) is 1.80. The lowest BCUT2D eigenvalue weighted by Gasteiger charge is -2.55. The van der Waals surface area contributed by atoms with Crippen LogP contribution in [0, 0.1) is 17.8 Å². The van der Waals surface area contributed by atoms with Crippen molar-refractivity contribution in [1.82, 2.24) is 4.98 Å². The molecule has 0 aromatic carbocycles. The van der Waals surface area contributed by atoms with E-state index in [-0.39, 0.29) is 0 Å². The lowest BCUT2D eigenvalue weighted by atomic mass is 9.56. The highest BCUT2D eigenvalue weighted by atomic mass is 32.2. The highest BCUT2D eigenvalue weighted by molar-refractivity contribution is 7.94. The van der Waals surface area contributed by atoms with Crippen molar-refractivity contribution in [3.63, 3.8) is 0 Å². The van der Waals surface area contributed by atoms with Crippen LogP contribution in [0.25, 0.3) is 0 Å². The van der Waals surface area contributed by atoms with Crippen molar-refractivity contribution in [1.29, 1.82) is 0 Å². The Hall–Kier alpha value is -0.660. The summed E-state index contributed by atoms with van der Waals surface area (Å²) in [6.45, 7) is 0. The minimum atomic E-state index is -3.43. The summed E-state index contributed by atoms with van der Waals surface area (Å²) < 4.78 is 28.8. The Morgan fingerprint density at radius 1 is 1.12 bits per heavy atom. The molecule has 0 saturated heterocycles. The Balaban J connectivity index is 1.33. The van der Waals surface area contributed by atoms with E-state index in [2.05, 4.69) is 9.71 Å². The summed E-state index contributed by atoms with van der Waals surface area (Å²) in [6, 6.07) is 0. The average molecular weight is 397 g/mol. The summed E-state index contributed by atoms with van der Waals surface area (Å²) in [4.78, 5) is 4.50. The lowest BCUT2D eigenvalue weighted by molar-refractivity contribution is 0.0341. The van der Waals surface area contributed by atoms with Gasteiger partial charge < -0.3 is 5.11 Å². The molecule has 5 nitrogen and oxygen atoms in total. The first-order chi connectivity index (χ1) is 12.3. The third-order valence-electron chi connectivity index (χ3n) is 7.37. The average Bonchev–Trinajstić information content (AvgIpc) is 3.15. The molecule has 1 heterocycles. The van der Waals surface area contributed by atoms with Crippen molar-refractivity contribution in [2.75, 3.05) is 4.72 Å². The fourth-order valence-electron chi connectivity index (χ4n) is 6.57. The molecule has 1 aromatic heterocycles. The van der Waals surface area contributed by atoms with Gasteiger partial charge in [0.05, 0.1) is 16.0 Å². The Labute approximate surface area is 159 Å². The molecule has 5 fully saturated rings. The number of nitrogens with one attached hydrogen (secondary N) is 1. The molecule has 2 N–H and O–H groups in total. The quantitative estimate of drug-likeness (QED) is 0.795. The van der Waals surface area contributed by atoms with Gasteiger partial charge in [0.1, 0.15) is 0 Å². The van der Waals surface area contributed by atoms with Gasteiger partial charge in [-0.2, -0.15) is 0 Å². The smallest absolute Gasteiger partial charge is 0.240 e. The summed E-state index contributed by atoms with van der Waals surface area (Å²) in [6.07, 6.45) is 10.5. The van der Waals surface area contributed by atoms with Crippen LogP contribution in [-0.2, 0) is 16.4 Å². The molecule has 1 aromatic rings. The van der Waals surface area contributed by atoms with Crippen molar-refractivity contribution in [2.24, 2.45) is 17.8 Å². The van der Waals surface area contributed by atoms with Crippen molar-refractivity contribution in [3.05, 3.63) is 11.1 Å². The zero-order valence-electron chi connectivity index (χ0n) is 15.1. The van der Waals surface area contributed by atoms with Crippen LogP contribution in [0.4, 0.5) is 5.13 Å². The van der Waals surface area contributed by atoms with Crippen molar-refractivity contribution < 1.29 is 13.5 Å². The van der Waals surface area contributed by atoms with Crippen LogP contribution in [0.15, 0.2) is 5.38 Å². The molecule has 5 saturated carbocycles. The third-order valence-corrected chi connectivity index (χ3v) is 10.4. The van der Waals surface area contributed by atoms with E-state index in [9.17, 15) is 13.5 Å². The molecular formula is C19H28N2O3S2. The van der Waals surface area contributed by atoms with Crippen LogP contribution >= 0.6 is 11.3 Å². The van der Waals surface area contributed by atoms with Crippen LogP contribution in [0.3, 0.4) is 0 Å². The summed E-state index contributed by atoms with van der Waals surface area (Å²) in [7, 11) is -3.43. The maximum atomic E-state index is 13.3.